The fourth-order valence-electron chi connectivity index (χ4n) is 6.47. The Morgan fingerprint density at radius 1 is 0.267 bits per heavy atom. The van der Waals surface area contributed by atoms with Crippen LogP contribution >= 0.6 is 0 Å². The normalized spacial score (nSPS) is 11.1. The summed E-state index contributed by atoms with van der Waals surface area (Å²) in [5.41, 5.74) is 10.7. The van der Waals surface area contributed by atoms with Gasteiger partial charge < -0.3 is 4.90 Å². The highest BCUT2D eigenvalue weighted by atomic mass is 15.1. The lowest BCUT2D eigenvalue weighted by molar-refractivity contribution is 1.30. The van der Waals surface area contributed by atoms with E-state index in [0.29, 0.717) is 0 Å². The molecule has 0 aliphatic carbocycles. The van der Waals surface area contributed by atoms with Gasteiger partial charge in [0.1, 0.15) is 0 Å². The minimum absolute atomic E-state index is 1.12. The topological polar surface area (TPSA) is 3.24 Å². The van der Waals surface area contributed by atoms with E-state index in [9.17, 15) is 0 Å². The molecule has 0 bridgehead atoms. The van der Waals surface area contributed by atoms with Crippen molar-refractivity contribution in [2.45, 2.75) is 0 Å². The molecule has 0 fully saturated rings. The Labute approximate surface area is 264 Å². The van der Waals surface area contributed by atoms with Crippen LogP contribution in [0.15, 0.2) is 188 Å². The second-order valence-corrected chi connectivity index (χ2v) is 11.4. The van der Waals surface area contributed by atoms with Crippen LogP contribution in [0.2, 0.25) is 0 Å². The third-order valence-electron chi connectivity index (χ3n) is 8.69. The van der Waals surface area contributed by atoms with Crippen LogP contribution in [0.3, 0.4) is 0 Å². The van der Waals surface area contributed by atoms with Crippen LogP contribution in [0.1, 0.15) is 0 Å². The quantitative estimate of drug-likeness (QED) is 0.191. The van der Waals surface area contributed by atoms with Gasteiger partial charge in [0.05, 0.1) is 5.69 Å². The van der Waals surface area contributed by atoms with Crippen LogP contribution in [0.4, 0.5) is 17.1 Å². The molecule has 8 aromatic rings. The van der Waals surface area contributed by atoms with E-state index in [1.54, 1.807) is 0 Å². The fourth-order valence-corrected chi connectivity index (χ4v) is 6.47. The molecular weight excluding hydrogens is 542 g/mol. The van der Waals surface area contributed by atoms with Crippen molar-refractivity contribution in [1.29, 1.82) is 0 Å². The van der Waals surface area contributed by atoms with E-state index in [-0.39, 0.29) is 0 Å². The zero-order chi connectivity index (χ0) is 30.0. The SMILES string of the molecule is c1ccc(-c2ccc(N(c3ccc(-c4ccccc4)cc3)c3ccc(-c4cccc5ccccc45)c4ccccc34)cc2)cc1. The highest BCUT2D eigenvalue weighted by Crippen LogP contribution is 2.43. The molecule has 0 aliphatic heterocycles. The number of hydrogen-bond acceptors (Lipinski definition) is 1. The molecule has 8 aromatic carbocycles. The van der Waals surface area contributed by atoms with Gasteiger partial charge in [-0.1, -0.05) is 158 Å². The van der Waals surface area contributed by atoms with Gasteiger partial charge >= 0.3 is 0 Å². The number of benzene rings is 8. The first-order chi connectivity index (χ1) is 22.3. The van der Waals surface area contributed by atoms with E-state index in [2.05, 4.69) is 193 Å². The molecule has 212 valence electrons. The van der Waals surface area contributed by atoms with Crippen molar-refractivity contribution in [3.63, 3.8) is 0 Å². The zero-order valence-electron chi connectivity index (χ0n) is 24.8. The Morgan fingerprint density at radius 3 is 1.31 bits per heavy atom. The second kappa shape index (κ2) is 11.6. The highest BCUT2D eigenvalue weighted by molar-refractivity contribution is 6.10. The van der Waals surface area contributed by atoms with E-state index in [1.165, 1.54) is 54.9 Å². The minimum atomic E-state index is 1.12. The summed E-state index contributed by atoms with van der Waals surface area (Å²) in [6.07, 6.45) is 0. The summed E-state index contributed by atoms with van der Waals surface area (Å²) in [4.78, 5) is 2.39. The molecule has 0 amide bonds. The van der Waals surface area contributed by atoms with Crippen molar-refractivity contribution in [2.24, 2.45) is 0 Å². The van der Waals surface area contributed by atoms with Crippen molar-refractivity contribution >= 4 is 38.6 Å². The lowest BCUT2D eigenvalue weighted by Gasteiger charge is -2.28. The summed E-state index contributed by atoms with van der Waals surface area (Å²) in [6.45, 7) is 0. The molecule has 0 N–H and O–H groups in total. The van der Waals surface area contributed by atoms with Gasteiger partial charge in [0.25, 0.3) is 0 Å². The van der Waals surface area contributed by atoms with E-state index in [4.69, 9.17) is 0 Å². The second-order valence-electron chi connectivity index (χ2n) is 11.4. The van der Waals surface area contributed by atoms with Crippen LogP contribution in [0.25, 0.3) is 54.9 Å². The maximum absolute atomic E-state index is 2.39. The summed E-state index contributed by atoms with van der Waals surface area (Å²) < 4.78 is 0. The molecule has 0 saturated heterocycles. The van der Waals surface area contributed by atoms with E-state index in [0.717, 1.165) is 17.1 Å². The van der Waals surface area contributed by atoms with Crippen LogP contribution in [-0.2, 0) is 0 Å². The Morgan fingerprint density at radius 2 is 0.711 bits per heavy atom. The molecule has 1 nitrogen and oxygen atoms in total. The van der Waals surface area contributed by atoms with Crippen LogP contribution < -0.4 is 4.90 Å². The maximum Gasteiger partial charge on any atom is 0.0540 e. The van der Waals surface area contributed by atoms with Gasteiger partial charge in [0, 0.05) is 16.8 Å². The molecule has 0 radical (unpaired) electrons. The minimum Gasteiger partial charge on any atom is -0.310 e. The molecule has 45 heavy (non-hydrogen) atoms. The summed E-state index contributed by atoms with van der Waals surface area (Å²) in [5.74, 6) is 0. The summed E-state index contributed by atoms with van der Waals surface area (Å²) in [6, 6.07) is 67.6. The van der Waals surface area contributed by atoms with Crippen LogP contribution in [-0.4, -0.2) is 0 Å². The molecule has 8 rings (SSSR count). The maximum atomic E-state index is 2.39. The predicted molar refractivity (Wildman–Crippen MR) is 192 cm³/mol. The van der Waals surface area contributed by atoms with Gasteiger partial charge in [-0.15, -0.1) is 0 Å². The van der Waals surface area contributed by atoms with Crippen molar-refractivity contribution < 1.29 is 0 Å². The van der Waals surface area contributed by atoms with Gasteiger partial charge in [-0.25, -0.2) is 0 Å². The van der Waals surface area contributed by atoms with Crippen LogP contribution in [0, 0.1) is 0 Å². The molecule has 0 spiro atoms. The van der Waals surface area contributed by atoms with Crippen molar-refractivity contribution in [2.75, 3.05) is 4.90 Å². The Balaban J connectivity index is 1.30. The number of anilines is 3. The summed E-state index contributed by atoms with van der Waals surface area (Å²) >= 11 is 0. The number of nitrogens with zero attached hydrogens (tertiary/aromatic N) is 1. The largest absolute Gasteiger partial charge is 0.310 e. The lowest BCUT2D eigenvalue weighted by atomic mass is 9.93. The van der Waals surface area contributed by atoms with Gasteiger partial charge in [-0.3, -0.25) is 0 Å². The summed E-state index contributed by atoms with van der Waals surface area (Å²) in [5, 5.41) is 4.96. The Hall–Kier alpha value is -5.92. The summed E-state index contributed by atoms with van der Waals surface area (Å²) in [7, 11) is 0. The van der Waals surface area contributed by atoms with E-state index >= 15 is 0 Å². The molecule has 0 aromatic heterocycles. The van der Waals surface area contributed by atoms with Crippen molar-refractivity contribution in [1.82, 2.24) is 0 Å². The first-order valence-corrected chi connectivity index (χ1v) is 15.4. The molecule has 0 aliphatic rings. The van der Waals surface area contributed by atoms with Crippen LogP contribution in [0.5, 0.6) is 0 Å². The van der Waals surface area contributed by atoms with Gasteiger partial charge in [0.15, 0.2) is 0 Å². The average molecular weight is 574 g/mol. The molecule has 0 saturated carbocycles. The smallest absolute Gasteiger partial charge is 0.0540 e. The number of fused-ring (bicyclic) bond motifs is 2. The highest BCUT2D eigenvalue weighted by Gasteiger charge is 2.18. The average Bonchev–Trinajstić information content (AvgIpc) is 3.13. The molecule has 0 atom stereocenters. The molecule has 0 heterocycles. The Bertz CT molecular complexity index is 2150. The zero-order valence-corrected chi connectivity index (χ0v) is 24.8. The first kappa shape index (κ1) is 26.7. The monoisotopic (exact) mass is 573 g/mol. The standard InChI is InChI=1S/C44H31N/c1-3-12-32(13-4-1)34-22-26-37(27-23-34)45(38-28-24-35(25-29-38)33-14-5-2-6-15-33)44-31-30-42(41-19-9-10-20-43(41)44)40-21-11-17-36-16-7-8-18-39(36)40/h1-31H. The fraction of sp³-hybridized carbons (Fsp3) is 0. The van der Waals surface area contributed by atoms with Crippen molar-refractivity contribution in [3.05, 3.63) is 188 Å². The van der Waals surface area contributed by atoms with Crippen molar-refractivity contribution in [3.8, 4) is 33.4 Å². The van der Waals surface area contributed by atoms with Gasteiger partial charge in [0.2, 0.25) is 0 Å². The first-order valence-electron chi connectivity index (χ1n) is 15.4. The third kappa shape index (κ3) is 5.05. The van der Waals surface area contributed by atoms with E-state index < -0.39 is 0 Å². The number of rotatable bonds is 6. The van der Waals surface area contributed by atoms with Gasteiger partial charge in [-0.2, -0.15) is 0 Å². The Kier molecular flexibility index (Phi) is 6.90. The predicted octanol–water partition coefficient (Wildman–Crippen LogP) is 12.5. The molecule has 1 heteroatoms. The molecule has 0 unspecified atom stereocenters. The number of hydrogen-bond donors (Lipinski definition) is 0. The lowest BCUT2D eigenvalue weighted by Crippen LogP contribution is -2.10. The molecular formula is C44H31N. The van der Waals surface area contributed by atoms with E-state index in [1.807, 2.05) is 0 Å². The third-order valence-corrected chi connectivity index (χ3v) is 8.69. The van der Waals surface area contributed by atoms with Gasteiger partial charge in [-0.05, 0) is 79.9 Å².